The van der Waals surface area contributed by atoms with Crippen molar-refractivity contribution in [1.29, 1.82) is 0 Å². The summed E-state index contributed by atoms with van der Waals surface area (Å²) in [7, 11) is 1.54. The minimum atomic E-state index is -0.387. The zero-order valence-electron chi connectivity index (χ0n) is 14.6. The molecule has 0 aromatic heterocycles. The maximum absolute atomic E-state index is 11.9. The van der Waals surface area contributed by atoms with E-state index in [0.717, 1.165) is 11.8 Å². The van der Waals surface area contributed by atoms with Crippen LogP contribution in [0.3, 0.4) is 0 Å². The normalized spacial score (nSPS) is 11.0. The Bertz CT molecular complexity index is 542. The van der Waals surface area contributed by atoms with Crippen LogP contribution in [0.15, 0.2) is 18.2 Å². The van der Waals surface area contributed by atoms with Crippen molar-refractivity contribution in [2.45, 2.75) is 51.7 Å². The van der Waals surface area contributed by atoms with E-state index in [1.165, 1.54) is 7.11 Å². The van der Waals surface area contributed by atoms with E-state index in [1.807, 2.05) is 13.8 Å². The highest BCUT2D eigenvalue weighted by Gasteiger charge is 2.19. The number of amides is 1. The van der Waals surface area contributed by atoms with Crippen molar-refractivity contribution in [3.05, 3.63) is 23.8 Å². The maximum atomic E-state index is 11.9. The summed E-state index contributed by atoms with van der Waals surface area (Å²) in [5.41, 5.74) is 0.360. The summed E-state index contributed by atoms with van der Waals surface area (Å²) in [6.07, 6.45) is 2.83. The Morgan fingerprint density at radius 1 is 1.33 bits per heavy atom. The number of hydrogen-bond acceptors (Lipinski definition) is 5. The molecule has 0 unspecified atom stereocenters. The number of benzene rings is 1. The van der Waals surface area contributed by atoms with E-state index in [-0.39, 0.29) is 18.1 Å². The van der Waals surface area contributed by atoms with Crippen LogP contribution >= 0.6 is 0 Å². The number of rotatable bonds is 11. The molecule has 0 saturated carbocycles. The van der Waals surface area contributed by atoms with E-state index >= 15 is 0 Å². The predicted molar refractivity (Wildman–Crippen MR) is 91.2 cm³/mol. The molecule has 0 heterocycles. The monoisotopic (exact) mass is 337 g/mol. The van der Waals surface area contributed by atoms with Gasteiger partial charge >= 0.3 is 0 Å². The van der Waals surface area contributed by atoms with E-state index in [9.17, 15) is 9.59 Å². The van der Waals surface area contributed by atoms with Gasteiger partial charge in [-0.3, -0.25) is 4.79 Å². The first-order valence-corrected chi connectivity index (χ1v) is 8.07. The number of nitrogens with one attached hydrogen (secondary N) is 1. The summed E-state index contributed by atoms with van der Waals surface area (Å²) in [4.78, 5) is 22.4. The van der Waals surface area contributed by atoms with Crippen LogP contribution in [-0.2, 0) is 16.2 Å². The minimum Gasteiger partial charge on any atom is -0.493 e. The van der Waals surface area contributed by atoms with Crippen LogP contribution in [0.5, 0.6) is 11.5 Å². The lowest BCUT2D eigenvalue weighted by Gasteiger charge is -2.25. The standard InChI is InChI=1S/C18H27NO5/c1-18(2,9-5-10-20)19-17(22)6-4-11-24-15-8-7-14(13-21)12-16(15)23-3/h7-8,10,12,21H,4-6,9,11,13H2,1-3H3,(H,19,22). The molecular weight excluding hydrogens is 310 g/mol. The molecule has 1 amide bonds. The summed E-state index contributed by atoms with van der Waals surface area (Å²) < 4.78 is 10.9. The SMILES string of the molecule is COc1cc(CO)ccc1OCCCC(=O)NC(C)(C)CCC=O. The van der Waals surface area contributed by atoms with Crippen molar-refractivity contribution < 1.29 is 24.2 Å². The van der Waals surface area contributed by atoms with E-state index < -0.39 is 0 Å². The quantitative estimate of drug-likeness (QED) is 0.478. The number of ether oxygens (including phenoxy) is 2. The molecule has 0 fully saturated rings. The number of methoxy groups -OCH3 is 1. The van der Waals surface area contributed by atoms with Crippen molar-refractivity contribution >= 4 is 12.2 Å². The number of aliphatic hydroxyl groups excluding tert-OH is 1. The molecule has 0 bridgehead atoms. The Kier molecular flexibility index (Phi) is 8.26. The van der Waals surface area contributed by atoms with Gasteiger partial charge in [-0.15, -0.1) is 0 Å². The summed E-state index contributed by atoms with van der Waals surface area (Å²) in [5.74, 6) is 1.08. The lowest BCUT2D eigenvalue weighted by atomic mass is 9.98. The maximum Gasteiger partial charge on any atom is 0.220 e. The van der Waals surface area contributed by atoms with E-state index in [0.29, 0.717) is 43.8 Å². The van der Waals surface area contributed by atoms with Gasteiger partial charge in [0.25, 0.3) is 0 Å². The molecule has 0 spiro atoms. The third-order valence-corrected chi connectivity index (χ3v) is 3.58. The first kappa shape index (κ1) is 20.0. The van der Waals surface area contributed by atoms with Gasteiger partial charge in [0.2, 0.25) is 5.91 Å². The van der Waals surface area contributed by atoms with Crippen LogP contribution in [0.25, 0.3) is 0 Å². The van der Waals surface area contributed by atoms with Gasteiger partial charge in [0, 0.05) is 18.4 Å². The van der Waals surface area contributed by atoms with Gasteiger partial charge < -0.3 is 24.7 Å². The molecule has 134 valence electrons. The molecule has 6 nitrogen and oxygen atoms in total. The second-order valence-corrected chi connectivity index (χ2v) is 6.23. The topological polar surface area (TPSA) is 84.9 Å². The van der Waals surface area contributed by atoms with Gasteiger partial charge in [-0.1, -0.05) is 6.07 Å². The third-order valence-electron chi connectivity index (χ3n) is 3.58. The molecule has 1 rings (SSSR count). The van der Waals surface area contributed by atoms with Crippen LogP contribution in [0.2, 0.25) is 0 Å². The molecule has 1 aromatic carbocycles. The van der Waals surface area contributed by atoms with E-state index in [2.05, 4.69) is 5.32 Å². The molecule has 1 aromatic rings. The van der Waals surface area contributed by atoms with Crippen molar-refractivity contribution in [2.75, 3.05) is 13.7 Å². The molecule has 0 atom stereocenters. The highest BCUT2D eigenvalue weighted by Crippen LogP contribution is 2.28. The van der Waals surface area contributed by atoms with Crippen molar-refractivity contribution in [3.8, 4) is 11.5 Å². The van der Waals surface area contributed by atoms with Crippen LogP contribution < -0.4 is 14.8 Å². The summed E-state index contributed by atoms with van der Waals surface area (Å²) >= 11 is 0. The van der Waals surface area contributed by atoms with Gasteiger partial charge in [0.15, 0.2) is 11.5 Å². The fourth-order valence-electron chi connectivity index (χ4n) is 2.27. The lowest BCUT2D eigenvalue weighted by Crippen LogP contribution is -2.43. The van der Waals surface area contributed by atoms with E-state index in [4.69, 9.17) is 14.6 Å². The predicted octanol–water partition coefficient (Wildman–Crippen LogP) is 2.22. The summed E-state index contributed by atoms with van der Waals surface area (Å²) in [6.45, 7) is 4.13. The Balaban J connectivity index is 2.38. The van der Waals surface area contributed by atoms with Crippen molar-refractivity contribution in [3.63, 3.8) is 0 Å². The number of carbonyl (C=O) groups is 2. The number of carbonyl (C=O) groups excluding carboxylic acids is 2. The molecule has 24 heavy (non-hydrogen) atoms. The lowest BCUT2D eigenvalue weighted by molar-refractivity contribution is -0.123. The Morgan fingerprint density at radius 2 is 2.08 bits per heavy atom. The Labute approximate surface area is 143 Å². The average molecular weight is 337 g/mol. The molecule has 0 radical (unpaired) electrons. The van der Waals surface area contributed by atoms with Crippen LogP contribution in [0, 0.1) is 0 Å². The highest BCUT2D eigenvalue weighted by atomic mass is 16.5. The van der Waals surface area contributed by atoms with Crippen molar-refractivity contribution in [1.82, 2.24) is 5.32 Å². The minimum absolute atomic E-state index is 0.0582. The van der Waals surface area contributed by atoms with Crippen LogP contribution in [-0.4, -0.2) is 36.6 Å². The van der Waals surface area contributed by atoms with Gasteiger partial charge in [-0.05, 0) is 44.4 Å². The largest absolute Gasteiger partial charge is 0.493 e. The fraction of sp³-hybridized carbons (Fsp3) is 0.556. The zero-order chi connectivity index (χ0) is 18.0. The zero-order valence-corrected chi connectivity index (χ0v) is 14.6. The molecular formula is C18H27NO5. The first-order valence-electron chi connectivity index (χ1n) is 8.07. The molecule has 0 saturated heterocycles. The Hall–Kier alpha value is -2.08. The second-order valence-electron chi connectivity index (χ2n) is 6.23. The number of aldehydes is 1. The number of hydrogen-bond donors (Lipinski definition) is 2. The van der Waals surface area contributed by atoms with E-state index in [1.54, 1.807) is 18.2 Å². The van der Waals surface area contributed by atoms with Gasteiger partial charge in [0.1, 0.15) is 6.29 Å². The molecule has 0 aliphatic carbocycles. The van der Waals surface area contributed by atoms with Gasteiger partial charge in [-0.2, -0.15) is 0 Å². The molecule has 0 aliphatic rings. The number of aliphatic hydroxyl groups is 1. The average Bonchev–Trinajstić information content (AvgIpc) is 2.56. The molecule has 0 aliphatic heterocycles. The first-order chi connectivity index (χ1) is 11.4. The van der Waals surface area contributed by atoms with Crippen molar-refractivity contribution in [2.24, 2.45) is 0 Å². The third kappa shape index (κ3) is 7.00. The second kappa shape index (κ2) is 9.93. The van der Waals surface area contributed by atoms with Gasteiger partial charge in [-0.25, -0.2) is 0 Å². The smallest absolute Gasteiger partial charge is 0.220 e. The van der Waals surface area contributed by atoms with Gasteiger partial charge in [0.05, 0.1) is 20.3 Å². The molecule has 6 heteroatoms. The fourth-order valence-corrected chi connectivity index (χ4v) is 2.27. The van der Waals surface area contributed by atoms with Crippen LogP contribution in [0.1, 0.15) is 45.1 Å². The summed E-state index contributed by atoms with van der Waals surface area (Å²) in [5, 5.41) is 12.0. The molecule has 2 N–H and O–H groups in total. The highest BCUT2D eigenvalue weighted by molar-refractivity contribution is 5.76. The van der Waals surface area contributed by atoms with Crippen LogP contribution in [0.4, 0.5) is 0 Å². The Morgan fingerprint density at radius 3 is 2.71 bits per heavy atom. The summed E-state index contributed by atoms with van der Waals surface area (Å²) in [6, 6.07) is 5.23.